The fraction of sp³-hybridized carbons (Fsp3) is 0. The van der Waals surface area contributed by atoms with Gasteiger partial charge in [0.1, 0.15) is 0 Å². The topological polar surface area (TPSA) is 77.3 Å². The first-order chi connectivity index (χ1) is 26.8. The number of hydrogen-bond donors (Lipinski definition) is 0. The Morgan fingerprint density at radius 3 is 0.870 bits per heavy atom. The van der Waals surface area contributed by atoms with Gasteiger partial charge in [-0.15, -0.1) is 0 Å². The molecule has 6 aromatic carbocycles. The predicted octanol–water partition coefficient (Wildman–Crippen LogP) is 11.6. The summed E-state index contributed by atoms with van der Waals surface area (Å²) in [5.74, 6) is 1.35. The third kappa shape index (κ3) is 5.54. The first-order valence-corrected chi connectivity index (χ1v) is 17.8. The Labute approximate surface area is 310 Å². The van der Waals surface area contributed by atoms with Gasteiger partial charge in [-0.3, -0.25) is 9.97 Å². The molecule has 54 heavy (non-hydrogen) atoms. The van der Waals surface area contributed by atoms with Crippen molar-refractivity contribution in [1.82, 2.24) is 29.9 Å². The van der Waals surface area contributed by atoms with E-state index in [1.165, 1.54) is 0 Å². The molecule has 0 saturated carbocycles. The number of rotatable bonds is 4. The fourth-order valence-electron chi connectivity index (χ4n) is 7.48. The van der Waals surface area contributed by atoms with E-state index >= 15 is 0 Å². The smallest absolute Gasteiger partial charge is 0.159 e. The second-order valence-corrected chi connectivity index (χ2v) is 13.2. The summed E-state index contributed by atoms with van der Waals surface area (Å²) in [6, 6.07) is 47.3. The summed E-state index contributed by atoms with van der Waals surface area (Å²) in [5.41, 5.74) is 5.88. The molecule has 10 rings (SSSR count). The molecule has 0 aliphatic heterocycles. The van der Waals surface area contributed by atoms with Crippen LogP contribution in [-0.2, 0) is 0 Å². The van der Waals surface area contributed by atoms with Gasteiger partial charge in [-0.25, -0.2) is 19.9 Å². The maximum atomic E-state index is 4.73. The van der Waals surface area contributed by atoms with E-state index in [4.69, 9.17) is 19.9 Å². The van der Waals surface area contributed by atoms with Crippen LogP contribution in [0, 0.1) is 0 Å². The van der Waals surface area contributed by atoms with Crippen molar-refractivity contribution in [1.29, 1.82) is 0 Å². The Morgan fingerprint density at radius 2 is 0.537 bits per heavy atom. The van der Waals surface area contributed by atoms with Gasteiger partial charge >= 0.3 is 0 Å². The van der Waals surface area contributed by atoms with Gasteiger partial charge in [-0.1, -0.05) is 97.1 Å². The summed E-state index contributed by atoms with van der Waals surface area (Å²) in [7, 11) is 0. The van der Waals surface area contributed by atoms with Crippen LogP contribution in [0.4, 0.5) is 0 Å². The number of nitrogens with zero attached hydrogens (tertiary/aromatic N) is 6. The summed E-state index contributed by atoms with van der Waals surface area (Å²) in [4.78, 5) is 27.2. The monoisotopic (exact) mass is 690 g/mol. The summed E-state index contributed by atoms with van der Waals surface area (Å²) in [6.45, 7) is 0. The number of hydrogen-bond acceptors (Lipinski definition) is 6. The average molecular weight is 691 g/mol. The second kappa shape index (κ2) is 13.3. The van der Waals surface area contributed by atoms with Crippen LogP contribution < -0.4 is 0 Å². The summed E-state index contributed by atoms with van der Waals surface area (Å²) in [6.07, 6.45) is 14.7. The largest absolute Gasteiger partial charge is 0.265 e. The first kappa shape index (κ1) is 31.3. The van der Waals surface area contributed by atoms with E-state index in [1.807, 2.05) is 49.1 Å². The molecule has 0 saturated heterocycles. The molecule has 0 spiro atoms. The van der Waals surface area contributed by atoms with Crippen molar-refractivity contribution in [3.05, 3.63) is 183 Å². The van der Waals surface area contributed by atoms with E-state index in [9.17, 15) is 0 Å². The van der Waals surface area contributed by atoms with Crippen LogP contribution in [0.25, 0.3) is 98.9 Å². The molecular formula is C48H30N6. The van der Waals surface area contributed by atoms with Crippen LogP contribution in [0.2, 0.25) is 0 Å². The Morgan fingerprint density at radius 1 is 0.241 bits per heavy atom. The highest BCUT2D eigenvalue weighted by molar-refractivity contribution is 6.26. The molecule has 0 fully saturated rings. The SMILES string of the molecule is c1ccc2c(c1)c1ccccc1c1cc(-c3cnc(-c4ccncc4)nc3)ccc1c1ccccc1c1ccc(-c3cnc(-c4ccncc4)nc3)cc21. The Bertz CT molecular complexity index is 2800. The molecule has 0 aliphatic rings. The van der Waals surface area contributed by atoms with E-state index in [0.29, 0.717) is 11.6 Å². The van der Waals surface area contributed by atoms with Gasteiger partial charge in [-0.05, 0) is 101 Å². The lowest BCUT2D eigenvalue weighted by atomic mass is 9.92. The van der Waals surface area contributed by atoms with E-state index in [-0.39, 0.29) is 0 Å². The lowest BCUT2D eigenvalue weighted by molar-refractivity contribution is 1.17. The molecule has 0 radical (unpaired) electrons. The van der Waals surface area contributed by atoms with Crippen molar-refractivity contribution in [2.75, 3.05) is 0 Å². The van der Waals surface area contributed by atoms with Crippen LogP contribution in [-0.4, -0.2) is 29.9 Å². The third-order valence-electron chi connectivity index (χ3n) is 10.1. The van der Waals surface area contributed by atoms with Crippen molar-refractivity contribution in [2.45, 2.75) is 0 Å². The maximum absolute atomic E-state index is 4.73. The van der Waals surface area contributed by atoms with Crippen molar-refractivity contribution >= 4 is 53.9 Å². The van der Waals surface area contributed by atoms with E-state index < -0.39 is 0 Å². The van der Waals surface area contributed by atoms with Crippen LogP contribution in [0.3, 0.4) is 0 Å². The third-order valence-corrected chi connectivity index (χ3v) is 10.1. The molecule has 6 heteroatoms. The van der Waals surface area contributed by atoms with E-state index in [1.54, 1.807) is 24.8 Å². The molecule has 0 N–H and O–H groups in total. The highest BCUT2D eigenvalue weighted by atomic mass is 14.9. The summed E-state index contributed by atoms with van der Waals surface area (Å²) < 4.78 is 0. The molecule has 6 nitrogen and oxygen atoms in total. The fourth-order valence-corrected chi connectivity index (χ4v) is 7.48. The number of fused-ring (bicyclic) bond motifs is 10. The van der Waals surface area contributed by atoms with Crippen molar-refractivity contribution in [3.63, 3.8) is 0 Å². The average Bonchev–Trinajstić information content (AvgIpc) is 3.26. The minimum absolute atomic E-state index is 0.673. The lowest BCUT2D eigenvalue weighted by Gasteiger charge is -2.12. The van der Waals surface area contributed by atoms with Gasteiger partial charge < -0.3 is 0 Å². The van der Waals surface area contributed by atoms with Gasteiger partial charge in [0.2, 0.25) is 0 Å². The Kier molecular flexibility index (Phi) is 7.69. The zero-order chi connectivity index (χ0) is 35.8. The highest BCUT2D eigenvalue weighted by Gasteiger charge is 2.12. The summed E-state index contributed by atoms with van der Waals surface area (Å²) >= 11 is 0. The zero-order valence-corrected chi connectivity index (χ0v) is 29.0. The molecule has 0 unspecified atom stereocenters. The molecule has 252 valence electrons. The first-order valence-electron chi connectivity index (χ1n) is 17.8. The normalized spacial score (nSPS) is 11.3. The zero-order valence-electron chi connectivity index (χ0n) is 29.0. The number of benzene rings is 5. The van der Waals surface area contributed by atoms with Crippen LogP contribution in [0.1, 0.15) is 0 Å². The Balaban J connectivity index is 1.25. The van der Waals surface area contributed by atoms with E-state index in [2.05, 4.69) is 119 Å². The second-order valence-electron chi connectivity index (χ2n) is 13.2. The molecule has 4 aromatic heterocycles. The minimum Gasteiger partial charge on any atom is -0.265 e. The highest BCUT2D eigenvalue weighted by Crippen LogP contribution is 2.38. The van der Waals surface area contributed by atoms with Crippen LogP contribution in [0.15, 0.2) is 183 Å². The predicted molar refractivity (Wildman–Crippen MR) is 220 cm³/mol. The molecule has 0 amide bonds. The quantitative estimate of drug-likeness (QED) is 0.183. The molecule has 10 aromatic rings. The molecule has 0 aliphatic carbocycles. The van der Waals surface area contributed by atoms with Gasteiger partial charge in [0.25, 0.3) is 0 Å². The van der Waals surface area contributed by atoms with Crippen LogP contribution in [0.5, 0.6) is 0 Å². The van der Waals surface area contributed by atoms with Gasteiger partial charge in [0.15, 0.2) is 11.6 Å². The Hall–Kier alpha value is -7.44. The summed E-state index contributed by atoms with van der Waals surface area (Å²) in [5, 5.41) is 11.6. The maximum Gasteiger partial charge on any atom is 0.159 e. The van der Waals surface area contributed by atoms with Crippen molar-refractivity contribution in [2.24, 2.45) is 0 Å². The number of aromatic nitrogens is 6. The van der Waals surface area contributed by atoms with Crippen molar-refractivity contribution in [3.8, 4) is 45.0 Å². The molecule has 0 atom stereocenters. The van der Waals surface area contributed by atoms with Crippen molar-refractivity contribution < 1.29 is 0 Å². The lowest BCUT2D eigenvalue weighted by Crippen LogP contribution is -1.90. The molecule has 0 bridgehead atoms. The van der Waals surface area contributed by atoms with Gasteiger partial charge in [0.05, 0.1) is 0 Å². The number of pyridine rings is 2. The standard InChI is InChI=1S/C48H30N6/c1-2-10-40-39(9-1)43-15-13-33(35-27-51-47(52-28-35)31-17-21-49-22-18-31)25-45(43)41-11-5-3-7-37(41)38-8-4-6-12-42(38)46-26-34(14-16-44(40)46)36-29-53-48(54-30-36)32-19-23-50-24-20-32/h1-30H. The molecule has 4 heterocycles. The van der Waals surface area contributed by atoms with E-state index in [0.717, 1.165) is 87.2 Å². The van der Waals surface area contributed by atoms with Gasteiger partial charge in [-0.2, -0.15) is 0 Å². The van der Waals surface area contributed by atoms with Crippen LogP contribution >= 0.6 is 0 Å². The minimum atomic E-state index is 0.673. The molecular weight excluding hydrogens is 661 g/mol. The van der Waals surface area contributed by atoms with Gasteiger partial charge in [0, 0.05) is 71.8 Å².